The van der Waals surface area contributed by atoms with E-state index in [9.17, 15) is 4.79 Å². The molecule has 0 saturated heterocycles. The zero-order chi connectivity index (χ0) is 19.8. The number of para-hydroxylation sites is 1. The second kappa shape index (κ2) is 7.01. The molecule has 0 aliphatic heterocycles. The molecule has 142 valence electrons. The van der Waals surface area contributed by atoms with Crippen LogP contribution in [0.4, 0.5) is 11.5 Å². The van der Waals surface area contributed by atoms with Gasteiger partial charge in [-0.25, -0.2) is 9.97 Å². The van der Waals surface area contributed by atoms with Gasteiger partial charge < -0.3 is 14.8 Å². The van der Waals surface area contributed by atoms with E-state index in [0.29, 0.717) is 45.2 Å². The van der Waals surface area contributed by atoms with Crippen molar-refractivity contribution in [2.75, 3.05) is 19.5 Å². The molecule has 2 heterocycles. The average molecular weight is 397 g/mol. The maximum absolute atomic E-state index is 11.6. The lowest BCUT2D eigenvalue weighted by atomic mass is 10.2. The zero-order valence-corrected chi connectivity index (χ0v) is 16.2. The fourth-order valence-electron chi connectivity index (χ4n) is 3.17. The summed E-state index contributed by atoms with van der Waals surface area (Å²) in [5, 5.41) is 3.86. The van der Waals surface area contributed by atoms with Crippen molar-refractivity contribution in [2.45, 2.75) is 6.92 Å². The highest BCUT2D eigenvalue weighted by Gasteiger charge is 2.17. The largest absolute Gasteiger partial charge is 0.493 e. The van der Waals surface area contributed by atoms with E-state index in [-0.39, 0.29) is 5.82 Å². The summed E-state index contributed by atoms with van der Waals surface area (Å²) in [6.07, 6.45) is 2.30. The molecule has 0 aliphatic rings. The standard InChI is InChI=1S/C20H17ClN4O3/c1-11-5-4-6-12(21)19(11)24-20-15-9-22-18(10-26)25(15)14-8-17(28-3)16(27-2)7-13(14)23-20/h4-10H,1-3H3,(H,23,24). The van der Waals surface area contributed by atoms with Gasteiger partial charge in [0, 0.05) is 12.1 Å². The van der Waals surface area contributed by atoms with E-state index in [0.717, 1.165) is 11.3 Å². The Bertz CT molecular complexity index is 1200. The molecule has 0 bridgehead atoms. The van der Waals surface area contributed by atoms with Gasteiger partial charge >= 0.3 is 0 Å². The molecular formula is C20H17ClN4O3. The van der Waals surface area contributed by atoms with Crippen LogP contribution in [0.2, 0.25) is 5.02 Å². The molecule has 28 heavy (non-hydrogen) atoms. The third-order valence-corrected chi connectivity index (χ3v) is 4.87. The number of anilines is 2. The third-order valence-electron chi connectivity index (χ3n) is 4.56. The number of halogens is 1. The predicted octanol–water partition coefficient (Wildman–Crippen LogP) is 4.42. The van der Waals surface area contributed by atoms with Gasteiger partial charge in [-0.3, -0.25) is 9.20 Å². The fourth-order valence-corrected chi connectivity index (χ4v) is 3.44. The smallest absolute Gasteiger partial charge is 0.185 e. The van der Waals surface area contributed by atoms with E-state index in [4.69, 9.17) is 26.1 Å². The Balaban J connectivity index is 2.03. The average Bonchev–Trinajstić information content (AvgIpc) is 3.14. The number of rotatable bonds is 5. The first-order chi connectivity index (χ1) is 13.6. The summed E-state index contributed by atoms with van der Waals surface area (Å²) in [5.41, 5.74) is 3.63. The third kappa shape index (κ3) is 2.80. The molecule has 0 aliphatic carbocycles. The van der Waals surface area contributed by atoms with Gasteiger partial charge in [0.2, 0.25) is 0 Å². The number of hydrogen-bond donors (Lipinski definition) is 1. The highest BCUT2D eigenvalue weighted by Crippen LogP contribution is 2.35. The first-order valence-electron chi connectivity index (χ1n) is 8.48. The van der Waals surface area contributed by atoms with Crippen molar-refractivity contribution in [1.82, 2.24) is 14.4 Å². The van der Waals surface area contributed by atoms with Crippen molar-refractivity contribution in [3.63, 3.8) is 0 Å². The number of hydrogen-bond acceptors (Lipinski definition) is 6. The minimum atomic E-state index is 0.258. The lowest BCUT2D eigenvalue weighted by Crippen LogP contribution is -2.04. The van der Waals surface area contributed by atoms with Crippen LogP contribution >= 0.6 is 11.6 Å². The number of methoxy groups -OCH3 is 2. The van der Waals surface area contributed by atoms with Crippen LogP contribution in [-0.2, 0) is 0 Å². The van der Waals surface area contributed by atoms with E-state index >= 15 is 0 Å². The number of ether oxygens (including phenoxy) is 2. The van der Waals surface area contributed by atoms with Gasteiger partial charge in [0.05, 0.1) is 42.2 Å². The van der Waals surface area contributed by atoms with Crippen molar-refractivity contribution >= 4 is 45.9 Å². The molecule has 2 aromatic carbocycles. The Kier molecular flexibility index (Phi) is 4.52. The first-order valence-corrected chi connectivity index (χ1v) is 8.85. The van der Waals surface area contributed by atoms with Crippen LogP contribution in [0.3, 0.4) is 0 Å². The lowest BCUT2D eigenvalue weighted by molar-refractivity contribution is 0.111. The van der Waals surface area contributed by atoms with Gasteiger partial charge in [0.25, 0.3) is 0 Å². The van der Waals surface area contributed by atoms with Gasteiger partial charge in [0.15, 0.2) is 29.4 Å². The van der Waals surface area contributed by atoms with E-state index in [1.807, 2.05) is 19.1 Å². The molecular weight excluding hydrogens is 380 g/mol. The molecule has 0 radical (unpaired) electrons. The summed E-state index contributed by atoms with van der Waals surface area (Å²) in [4.78, 5) is 20.5. The second-order valence-corrected chi connectivity index (χ2v) is 6.58. The maximum Gasteiger partial charge on any atom is 0.185 e. The monoisotopic (exact) mass is 396 g/mol. The number of nitrogens with one attached hydrogen (secondary N) is 1. The van der Waals surface area contributed by atoms with Crippen LogP contribution in [0.5, 0.6) is 11.5 Å². The second-order valence-electron chi connectivity index (χ2n) is 6.17. The molecule has 0 atom stereocenters. The molecule has 0 spiro atoms. The Morgan fingerprint density at radius 2 is 1.89 bits per heavy atom. The molecule has 4 rings (SSSR count). The van der Waals surface area contributed by atoms with Crippen LogP contribution in [-0.4, -0.2) is 34.9 Å². The summed E-state index contributed by atoms with van der Waals surface area (Å²) in [5.74, 6) is 1.85. The lowest BCUT2D eigenvalue weighted by Gasteiger charge is -2.15. The summed E-state index contributed by atoms with van der Waals surface area (Å²) < 4.78 is 12.5. The fraction of sp³-hybridized carbons (Fsp3) is 0.150. The van der Waals surface area contributed by atoms with Crippen molar-refractivity contribution < 1.29 is 14.3 Å². The number of carbonyl (C=O) groups is 1. The number of aryl methyl sites for hydroxylation is 1. The highest BCUT2D eigenvalue weighted by atomic mass is 35.5. The number of nitrogens with zero attached hydrogens (tertiary/aromatic N) is 3. The summed E-state index contributed by atoms with van der Waals surface area (Å²) >= 11 is 6.36. The summed E-state index contributed by atoms with van der Waals surface area (Å²) in [7, 11) is 3.11. The van der Waals surface area contributed by atoms with E-state index in [1.165, 1.54) is 0 Å². The van der Waals surface area contributed by atoms with Crippen molar-refractivity contribution in [3.05, 3.63) is 52.9 Å². The first kappa shape index (κ1) is 18.1. The molecule has 8 heteroatoms. The SMILES string of the molecule is COc1cc2nc(Nc3c(C)cccc3Cl)c3cnc(C=O)n3c2cc1OC. The topological polar surface area (TPSA) is 77.8 Å². The van der Waals surface area contributed by atoms with Crippen LogP contribution in [0.15, 0.2) is 36.5 Å². The quantitative estimate of drug-likeness (QED) is 0.503. The van der Waals surface area contributed by atoms with Crippen molar-refractivity contribution in [2.24, 2.45) is 0 Å². The van der Waals surface area contributed by atoms with E-state index in [1.54, 1.807) is 43.0 Å². The van der Waals surface area contributed by atoms with E-state index in [2.05, 4.69) is 10.3 Å². The number of carbonyl (C=O) groups excluding carboxylic acids is 1. The van der Waals surface area contributed by atoms with Crippen LogP contribution in [0, 0.1) is 6.92 Å². The maximum atomic E-state index is 11.6. The van der Waals surface area contributed by atoms with Crippen LogP contribution in [0.25, 0.3) is 16.6 Å². The number of aromatic nitrogens is 3. The molecule has 4 aromatic rings. The normalized spacial score (nSPS) is 11.0. The van der Waals surface area contributed by atoms with Gasteiger partial charge in [-0.1, -0.05) is 23.7 Å². The number of fused-ring (bicyclic) bond motifs is 3. The molecule has 0 fully saturated rings. The predicted molar refractivity (Wildman–Crippen MR) is 108 cm³/mol. The van der Waals surface area contributed by atoms with Gasteiger partial charge in [-0.05, 0) is 18.6 Å². The Labute approximate surface area is 165 Å². The molecule has 0 amide bonds. The van der Waals surface area contributed by atoms with E-state index < -0.39 is 0 Å². The van der Waals surface area contributed by atoms with Crippen LogP contribution < -0.4 is 14.8 Å². The Hall–Kier alpha value is -3.32. The Morgan fingerprint density at radius 3 is 2.57 bits per heavy atom. The number of aldehydes is 1. The summed E-state index contributed by atoms with van der Waals surface area (Å²) in [6, 6.07) is 9.16. The van der Waals surface area contributed by atoms with Gasteiger partial charge in [0.1, 0.15) is 5.52 Å². The highest BCUT2D eigenvalue weighted by molar-refractivity contribution is 6.33. The van der Waals surface area contributed by atoms with Gasteiger partial charge in [-0.2, -0.15) is 0 Å². The molecule has 2 aromatic heterocycles. The minimum absolute atomic E-state index is 0.258. The van der Waals surface area contributed by atoms with Gasteiger partial charge in [-0.15, -0.1) is 0 Å². The number of benzene rings is 2. The Morgan fingerprint density at radius 1 is 1.14 bits per heavy atom. The molecule has 0 unspecified atom stereocenters. The molecule has 0 saturated carbocycles. The molecule has 7 nitrogen and oxygen atoms in total. The molecule has 1 N–H and O–H groups in total. The van der Waals surface area contributed by atoms with Crippen molar-refractivity contribution in [1.29, 1.82) is 0 Å². The van der Waals surface area contributed by atoms with Crippen molar-refractivity contribution in [3.8, 4) is 11.5 Å². The number of imidazole rings is 1. The van der Waals surface area contributed by atoms with Crippen LogP contribution in [0.1, 0.15) is 16.2 Å². The zero-order valence-electron chi connectivity index (χ0n) is 15.5. The summed E-state index contributed by atoms with van der Waals surface area (Å²) in [6.45, 7) is 1.95. The minimum Gasteiger partial charge on any atom is -0.493 e.